The van der Waals surface area contributed by atoms with Crippen LogP contribution in [0.1, 0.15) is 19.4 Å². The van der Waals surface area contributed by atoms with Crippen LogP contribution < -0.4 is 4.72 Å². The van der Waals surface area contributed by atoms with Gasteiger partial charge in [-0.2, -0.15) is 0 Å². The van der Waals surface area contributed by atoms with Gasteiger partial charge < -0.3 is 4.74 Å². The highest BCUT2D eigenvalue weighted by Gasteiger charge is 2.46. The first-order valence-electron chi connectivity index (χ1n) is 6.00. The van der Waals surface area contributed by atoms with E-state index in [1.54, 1.807) is 38.1 Å². The number of hydrogen-bond donors (Lipinski definition) is 1. The zero-order valence-corrected chi connectivity index (χ0v) is 12.0. The number of aryl methyl sites for hydroxylation is 1. The van der Waals surface area contributed by atoms with Crippen LogP contribution in [0.2, 0.25) is 0 Å². The molecule has 1 atom stereocenters. The average molecular weight is 283 g/mol. The van der Waals surface area contributed by atoms with Crippen molar-refractivity contribution in [3.63, 3.8) is 0 Å². The van der Waals surface area contributed by atoms with Crippen molar-refractivity contribution in [2.75, 3.05) is 6.61 Å². The van der Waals surface area contributed by atoms with E-state index in [-0.39, 0.29) is 17.5 Å². The second kappa shape index (κ2) is 4.61. The minimum atomic E-state index is -3.64. The summed E-state index contributed by atoms with van der Waals surface area (Å²) in [6.45, 7) is 5.29. The van der Waals surface area contributed by atoms with Gasteiger partial charge in [0.1, 0.15) is 6.61 Å². The average Bonchev–Trinajstić information content (AvgIpc) is 2.56. The minimum absolute atomic E-state index is 0.0664. The fourth-order valence-electron chi connectivity index (χ4n) is 1.85. The molecule has 5 nitrogen and oxygen atoms in total. The summed E-state index contributed by atoms with van der Waals surface area (Å²) in [5.41, 5.74) is 0.135. The van der Waals surface area contributed by atoms with E-state index in [1.807, 2.05) is 6.92 Å². The van der Waals surface area contributed by atoms with Gasteiger partial charge in [-0.25, -0.2) is 13.1 Å². The van der Waals surface area contributed by atoms with Crippen molar-refractivity contribution in [2.24, 2.45) is 5.41 Å². The van der Waals surface area contributed by atoms with Crippen molar-refractivity contribution in [3.8, 4) is 0 Å². The van der Waals surface area contributed by atoms with Gasteiger partial charge in [-0.3, -0.25) is 4.79 Å². The Morgan fingerprint density at radius 1 is 1.26 bits per heavy atom. The molecule has 1 fully saturated rings. The lowest BCUT2D eigenvalue weighted by Crippen LogP contribution is -2.45. The number of hydrogen-bond acceptors (Lipinski definition) is 4. The molecule has 19 heavy (non-hydrogen) atoms. The van der Waals surface area contributed by atoms with Gasteiger partial charge in [0.15, 0.2) is 0 Å². The number of sulfonamides is 1. The maximum absolute atomic E-state index is 12.2. The molecule has 0 spiro atoms. The molecule has 0 saturated carbocycles. The number of benzene rings is 1. The van der Waals surface area contributed by atoms with Crippen LogP contribution in [0.4, 0.5) is 0 Å². The molecule has 104 valence electrons. The Morgan fingerprint density at radius 2 is 1.84 bits per heavy atom. The van der Waals surface area contributed by atoms with E-state index in [2.05, 4.69) is 4.72 Å². The van der Waals surface area contributed by atoms with E-state index in [1.165, 1.54) is 0 Å². The van der Waals surface area contributed by atoms with E-state index in [4.69, 9.17) is 4.74 Å². The van der Waals surface area contributed by atoms with Gasteiger partial charge in [-0.1, -0.05) is 17.7 Å². The molecule has 0 aliphatic carbocycles. The molecule has 1 heterocycles. The van der Waals surface area contributed by atoms with Gasteiger partial charge in [0.2, 0.25) is 10.0 Å². The van der Waals surface area contributed by atoms with Crippen molar-refractivity contribution in [3.05, 3.63) is 29.8 Å². The Bertz CT molecular complexity index is 590. The molecular formula is C13H17NO4S. The summed E-state index contributed by atoms with van der Waals surface area (Å²) in [6, 6.07) is 6.00. The van der Waals surface area contributed by atoms with Crippen LogP contribution in [0.15, 0.2) is 29.2 Å². The first kappa shape index (κ1) is 14.0. The van der Waals surface area contributed by atoms with Crippen molar-refractivity contribution in [1.29, 1.82) is 0 Å². The normalized spacial score (nSPS) is 22.3. The summed E-state index contributed by atoms with van der Waals surface area (Å²) < 4.78 is 31.9. The molecule has 0 radical (unpaired) electrons. The molecule has 2 rings (SSSR count). The Balaban J connectivity index is 2.23. The van der Waals surface area contributed by atoms with Gasteiger partial charge in [0, 0.05) is 0 Å². The van der Waals surface area contributed by atoms with Crippen LogP contribution in [0.25, 0.3) is 0 Å². The van der Waals surface area contributed by atoms with Crippen molar-refractivity contribution in [1.82, 2.24) is 4.72 Å². The fraction of sp³-hybridized carbons (Fsp3) is 0.462. The zero-order valence-electron chi connectivity index (χ0n) is 11.1. The molecule has 1 N–H and O–H groups in total. The largest absolute Gasteiger partial charge is 0.463 e. The number of carbonyl (C=O) groups excluding carboxylic acids is 1. The maximum Gasteiger partial charge on any atom is 0.313 e. The quantitative estimate of drug-likeness (QED) is 0.847. The summed E-state index contributed by atoms with van der Waals surface area (Å²) >= 11 is 0. The first-order chi connectivity index (χ1) is 8.73. The van der Waals surface area contributed by atoms with E-state index in [0.717, 1.165) is 5.56 Å². The van der Waals surface area contributed by atoms with E-state index < -0.39 is 21.5 Å². The van der Waals surface area contributed by atoms with Crippen LogP contribution in [0, 0.1) is 12.3 Å². The summed E-state index contributed by atoms with van der Waals surface area (Å²) in [7, 11) is -3.64. The van der Waals surface area contributed by atoms with Gasteiger partial charge in [0.25, 0.3) is 0 Å². The first-order valence-corrected chi connectivity index (χ1v) is 7.48. The number of nitrogens with one attached hydrogen (secondary N) is 1. The molecule has 1 saturated heterocycles. The third kappa shape index (κ3) is 2.64. The summed E-state index contributed by atoms with van der Waals surface area (Å²) in [4.78, 5) is 11.7. The SMILES string of the molecule is Cc1ccc(S(=O)(=O)N[C@@H]2COC(=O)C2(C)C)cc1. The van der Waals surface area contributed by atoms with Crippen LogP contribution in [-0.4, -0.2) is 27.0 Å². The van der Waals surface area contributed by atoms with Crippen LogP contribution >= 0.6 is 0 Å². The van der Waals surface area contributed by atoms with Gasteiger partial charge in [-0.05, 0) is 32.9 Å². The molecule has 1 aromatic rings. The summed E-state index contributed by atoms with van der Waals surface area (Å²) in [6.07, 6.45) is 0. The lowest BCUT2D eigenvalue weighted by Gasteiger charge is -2.22. The lowest BCUT2D eigenvalue weighted by atomic mass is 9.88. The molecule has 0 amide bonds. The van der Waals surface area contributed by atoms with E-state index in [9.17, 15) is 13.2 Å². The molecule has 0 aromatic heterocycles. The predicted molar refractivity (Wildman–Crippen MR) is 70.0 cm³/mol. The third-order valence-electron chi connectivity index (χ3n) is 3.41. The Labute approximate surface area is 113 Å². The molecule has 1 aromatic carbocycles. The fourth-order valence-corrected chi connectivity index (χ4v) is 3.22. The number of ether oxygens (including phenoxy) is 1. The topological polar surface area (TPSA) is 72.5 Å². The second-order valence-corrected chi connectivity index (χ2v) is 7.02. The van der Waals surface area contributed by atoms with Crippen LogP contribution in [-0.2, 0) is 19.6 Å². The number of carbonyl (C=O) groups is 1. The van der Waals surface area contributed by atoms with Crippen molar-refractivity contribution < 1.29 is 17.9 Å². The highest BCUT2D eigenvalue weighted by atomic mass is 32.2. The third-order valence-corrected chi connectivity index (χ3v) is 4.89. The monoisotopic (exact) mass is 283 g/mol. The molecule has 1 aliphatic rings. The molecular weight excluding hydrogens is 266 g/mol. The minimum Gasteiger partial charge on any atom is -0.463 e. The number of rotatable bonds is 3. The highest BCUT2D eigenvalue weighted by molar-refractivity contribution is 7.89. The van der Waals surface area contributed by atoms with Gasteiger partial charge in [0.05, 0.1) is 16.4 Å². The summed E-state index contributed by atoms with van der Waals surface area (Å²) in [5.74, 6) is -0.385. The second-order valence-electron chi connectivity index (χ2n) is 5.31. The highest BCUT2D eigenvalue weighted by Crippen LogP contribution is 2.30. The smallest absolute Gasteiger partial charge is 0.313 e. The number of esters is 1. The maximum atomic E-state index is 12.2. The van der Waals surface area contributed by atoms with Crippen LogP contribution in [0.5, 0.6) is 0 Å². The van der Waals surface area contributed by atoms with Gasteiger partial charge in [-0.15, -0.1) is 0 Å². The Kier molecular flexibility index (Phi) is 3.40. The van der Waals surface area contributed by atoms with E-state index >= 15 is 0 Å². The van der Waals surface area contributed by atoms with Crippen molar-refractivity contribution in [2.45, 2.75) is 31.7 Å². The van der Waals surface area contributed by atoms with Crippen molar-refractivity contribution >= 4 is 16.0 Å². The standard InChI is InChI=1S/C13H17NO4S/c1-9-4-6-10(7-5-9)19(16,17)14-11-8-18-12(15)13(11,2)3/h4-7,11,14H,8H2,1-3H3/t11-/m1/s1. The molecule has 0 unspecified atom stereocenters. The lowest BCUT2D eigenvalue weighted by molar-refractivity contribution is -0.144. The Morgan fingerprint density at radius 3 is 2.32 bits per heavy atom. The summed E-state index contributed by atoms with van der Waals surface area (Å²) in [5, 5.41) is 0. The molecule has 1 aliphatic heterocycles. The van der Waals surface area contributed by atoms with Crippen LogP contribution in [0.3, 0.4) is 0 Å². The van der Waals surface area contributed by atoms with Gasteiger partial charge >= 0.3 is 5.97 Å². The predicted octanol–water partition coefficient (Wildman–Crippen LogP) is 1.22. The zero-order chi connectivity index (χ0) is 14.3. The molecule has 0 bridgehead atoms. The van der Waals surface area contributed by atoms with E-state index in [0.29, 0.717) is 0 Å². The number of cyclic esters (lactones) is 1. The molecule has 6 heteroatoms. The Hall–Kier alpha value is -1.40.